The average molecular weight is 493 g/mol. The zero-order valence-electron chi connectivity index (χ0n) is 21.9. The van der Waals surface area contributed by atoms with E-state index in [0.29, 0.717) is 12.0 Å². The summed E-state index contributed by atoms with van der Waals surface area (Å²) in [5, 5.41) is 9.53. The van der Waals surface area contributed by atoms with Gasteiger partial charge < -0.3 is 14.6 Å². The third kappa shape index (κ3) is 9.82. The molecule has 5 nitrogen and oxygen atoms in total. The highest BCUT2D eigenvalue weighted by Gasteiger charge is 2.19. The minimum Gasteiger partial charge on any atom is -0.462 e. The Morgan fingerprint density at radius 3 is 1.81 bits per heavy atom. The zero-order chi connectivity index (χ0) is 26.5. The Labute approximate surface area is 215 Å². The maximum absolute atomic E-state index is 12.1. The van der Waals surface area contributed by atoms with Crippen LogP contribution in [0.3, 0.4) is 0 Å². The van der Waals surface area contributed by atoms with Crippen LogP contribution in [-0.4, -0.2) is 36.4 Å². The van der Waals surface area contributed by atoms with Gasteiger partial charge in [-0.2, -0.15) is 0 Å². The van der Waals surface area contributed by atoms with Crippen molar-refractivity contribution in [3.05, 3.63) is 84.0 Å². The van der Waals surface area contributed by atoms with E-state index in [-0.39, 0.29) is 24.7 Å². The molecule has 2 aromatic carbocycles. The van der Waals surface area contributed by atoms with Crippen LogP contribution >= 0.6 is 0 Å². The number of hydrogen-bond donors (Lipinski definition) is 1. The van der Waals surface area contributed by atoms with Crippen LogP contribution in [0.1, 0.15) is 57.6 Å². The highest BCUT2D eigenvalue weighted by atomic mass is 16.5. The lowest BCUT2D eigenvalue weighted by Crippen LogP contribution is -2.24. The number of rotatable bonds is 15. The van der Waals surface area contributed by atoms with Crippen LogP contribution in [0, 0.1) is 5.92 Å². The van der Waals surface area contributed by atoms with Crippen molar-refractivity contribution in [1.29, 1.82) is 0 Å². The Hall–Kier alpha value is -3.18. The molecule has 0 aliphatic carbocycles. The molecule has 0 bridgehead atoms. The predicted molar refractivity (Wildman–Crippen MR) is 144 cm³/mol. The number of hydrogen-bond acceptors (Lipinski definition) is 5. The number of aliphatic hydroxyl groups excluding tert-OH is 1. The fourth-order valence-corrected chi connectivity index (χ4v) is 3.67. The molecule has 0 aliphatic rings. The average Bonchev–Trinajstić information content (AvgIpc) is 2.88. The summed E-state index contributed by atoms with van der Waals surface area (Å²) in [5.41, 5.74) is 5.19. The van der Waals surface area contributed by atoms with Crippen LogP contribution in [0.4, 0.5) is 0 Å². The Kier molecular flexibility index (Phi) is 12.1. The maximum Gasteiger partial charge on any atom is 0.336 e. The first-order valence-corrected chi connectivity index (χ1v) is 12.8. The van der Waals surface area contributed by atoms with Crippen LogP contribution in [0.2, 0.25) is 0 Å². The molecule has 1 N–H and O–H groups in total. The van der Waals surface area contributed by atoms with Gasteiger partial charge in [0.2, 0.25) is 0 Å². The molecule has 2 unspecified atom stereocenters. The summed E-state index contributed by atoms with van der Waals surface area (Å²) in [4.78, 5) is 23.9. The first kappa shape index (κ1) is 29.1. The van der Waals surface area contributed by atoms with Gasteiger partial charge >= 0.3 is 11.9 Å². The zero-order valence-corrected chi connectivity index (χ0v) is 21.9. The van der Waals surface area contributed by atoms with Gasteiger partial charge in [0.15, 0.2) is 0 Å². The van der Waals surface area contributed by atoms with E-state index in [1.54, 1.807) is 6.92 Å². The number of carbonyl (C=O) groups is 2. The molecule has 36 heavy (non-hydrogen) atoms. The molecule has 0 amide bonds. The molecule has 0 aromatic heterocycles. The molecule has 194 valence electrons. The number of esters is 2. The van der Waals surface area contributed by atoms with E-state index < -0.39 is 18.0 Å². The standard InChI is InChI=1S/C31H40O5/c1-6-7-8-9-25-12-16-28(17-13-25)29-18-14-26(15-19-29)10-11-27(20-35-30(33)22(2)3)21-36-31(34)23(4)24(5)32/h12-19,24,27,32H,2,4,6-11,20-21H2,1,3,5H3. The lowest BCUT2D eigenvalue weighted by atomic mass is 9.97. The van der Waals surface area contributed by atoms with E-state index in [0.717, 1.165) is 24.0 Å². The Bertz CT molecular complexity index is 1000. The molecule has 0 aliphatic heterocycles. The van der Waals surface area contributed by atoms with Gasteiger partial charge in [-0.1, -0.05) is 81.5 Å². The SMILES string of the molecule is C=C(C)C(=O)OCC(CCc1ccc(-c2ccc(CCCCC)cc2)cc1)COC(=O)C(=C)C(C)O. The number of aliphatic hydroxyl groups is 1. The van der Waals surface area contributed by atoms with Crippen molar-refractivity contribution in [1.82, 2.24) is 0 Å². The van der Waals surface area contributed by atoms with E-state index in [1.165, 1.54) is 37.3 Å². The normalized spacial score (nSPS) is 12.4. The smallest absolute Gasteiger partial charge is 0.336 e. The summed E-state index contributed by atoms with van der Waals surface area (Å²) in [6, 6.07) is 17.2. The number of ether oxygens (including phenoxy) is 2. The fourth-order valence-electron chi connectivity index (χ4n) is 3.67. The van der Waals surface area contributed by atoms with Crippen molar-refractivity contribution in [3.8, 4) is 11.1 Å². The summed E-state index contributed by atoms with van der Waals surface area (Å²) in [5.74, 6) is -1.32. The topological polar surface area (TPSA) is 72.8 Å². The molecule has 0 fully saturated rings. The lowest BCUT2D eigenvalue weighted by molar-refractivity contribution is -0.144. The molecule has 0 spiro atoms. The number of aryl methyl sites for hydroxylation is 2. The van der Waals surface area contributed by atoms with Crippen molar-refractivity contribution in [2.75, 3.05) is 13.2 Å². The lowest BCUT2D eigenvalue weighted by Gasteiger charge is -2.18. The summed E-state index contributed by atoms with van der Waals surface area (Å²) < 4.78 is 10.6. The van der Waals surface area contributed by atoms with Crippen molar-refractivity contribution < 1.29 is 24.2 Å². The predicted octanol–water partition coefficient (Wildman–Crippen LogP) is 6.23. The summed E-state index contributed by atoms with van der Waals surface area (Å²) in [6.45, 7) is 12.6. The number of benzene rings is 2. The van der Waals surface area contributed by atoms with E-state index in [1.807, 2.05) is 0 Å². The van der Waals surface area contributed by atoms with Gasteiger partial charge in [-0.3, -0.25) is 0 Å². The Morgan fingerprint density at radius 1 is 0.833 bits per heavy atom. The molecule has 2 aromatic rings. The van der Waals surface area contributed by atoms with E-state index in [9.17, 15) is 14.7 Å². The third-order valence-corrected chi connectivity index (χ3v) is 6.17. The molecule has 2 atom stereocenters. The molecule has 0 saturated heterocycles. The first-order valence-electron chi connectivity index (χ1n) is 12.8. The Balaban J connectivity index is 1.96. The van der Waals surface area contributed by atoms with Crippen LogP contribution in [0.15, 0.2) is 72.8 Å². The maximum atomic E-state index is 12.1. The van der Waals surface area contributed by atoms with Gasteiger partial charge in [-0.25, -0.2) is 9.59 Å². The molecular formula is C31H40O5. The van der Waals surface area contributed by atoms with Crippen LogP contribution in [0.25, 0.3) is 11.1 Å². The van der Waals surface area contributed by atoms with E-state index in [4.69, 9.17) is 9.47 Å². The molecule has 0 saturated carbocycles. The molecule has 0 radical (unpaired) electrons. The quantitative estimate of drug-likeness (QED) is 0.181. The first-order chi connectivity index (χ1) is 17.2. The second-order valence-electron chi connectivity index (χ2n) is 9.43. The fraction of sp³-hybridized carbons (Fsp3) is 0.419. The van der Waals surface area contributed by atoms with Crippen LogP contribution in [-0.2, 0) is 31.9 Å². The van der Waals surface area contributed by atoms with Crippen LogP contribution < -0.4 is 0 Å². The van der Waals surface area contributed by atoms with Gasteiger partial charge in [0, 0.05) is 11.5 Å². The monoisotopic (exact) mass is 492 g/mol. The molecule has 5 heteroatoms. The third-order valence-electron chi connectivity index (χ3n) is 6.17. The molecule has 2 rings (SSSR count). The summed E-state index contributed by atoms with van der Waals surface area (Å²) in [7, 11) is 0. The Morgan fingerprint density at radius 2 is 1.33 bits per heavy atom. The van der Waals surface area contributed by atoms with Gasteiger partial charge in [0.25, 0.3) is 0 Å². The van der Waals surface area contributed by atoms with Crippen molar-refractivity contribution in [2.24, 2.45) is 5.92 Å². The minimum absolute atomic E-state index is 0.00254. The molecular weight excluding hydrogens is 452 g/mol. The summed E-state index contributed by atoms with van der Waals surface area (Å²) in [6.07, 6.45) is 5.26. The number of unbranched alkanes of at least 4 members (excludes halogenated alkanes) is 2. The summed E-state index contributed by atoms with van der Waals surface area (Å²) >= 11 is 0. The van der Waals surface area contributed by atoms with Gasteiger partial charge in [0.05, 0.1) is 24.9 Å². The van der Waals surface area contributed by atoms with Crippen molar-refractivity contribution in [2.45, 2.75) is 65.4 Å². The minimum atomic E-state index is -0.979. The van der Waals surface area contributed by atoms with Gasteiger partial charge in [0.1, 0.15) is 0 Å². The second kappa shape index (κ2) is 15.0. The van der Waals surface area contributed by atoms with E-state index >= 15 is 0 Å². The van der Waals surface area contributed by atoms with Gasteiger partial charge in [-0.05, 0) is 61.8 Å². The van der Waals surface area contributed by atoms with Gasteiger partial charge in [-0.15, -0.1) is 0 Å². The highest BCUT2D eigenvalue weighted by Crippen LogP contribution is 2.22. The largest absolute Gasteiger partial charge is 0.462 e. The molecule has 0 heterocycles. The van der Waals surface area contributed by atoms with Crippen molar-refractivity contribution >= 4 is 11.9 Å². The van der Waals surface area contributed by atoms with Crippen molar-refractivity contribution in [3.63, 3.8) is 0 Å². The van der Waals surface area contributed by atoms with E-state index in [2.05, 4.69) is 68.6 Å². The number of carbonyl (C=O) groups excluding carboxylic acids is 2. The second-order valence-corrected chi connectivity index (χ2v) is 9.43. The van der Waals surface area contributed by atoms with Crippen LogP contribution in [0.5, 0.6) is 0 Å². The highest BCUT2D eigenvalue weighted by molar-refractivity contribution is 5.88.